The number of imidazole rings is 1. The molecule has 2 aromatic heterocycles. The Morgan fingerprint density at radius 1 is 0.675 bits per heavy atom. The van der Waals surface area contributed by atoms with Crippen LogP contribution in [0.15, 0.2) is 132 Å². The summed E-state index contributed by atoms with van der Waals surface area (Å²) in [4.78, 5) is 19.3. The van der Waals surface area contributed by atoms with Gasteiger partial charge in [0.2, 0.25) is 0 Å². The van der Waals surface area contributed by atoms with Gasteiger partial charge in [0.05, 0.1) is 11.0 Å². The van der Waals surface area contributed by atoms with E-state index in [0.29, 0.717) is 11.6 Å². The fraction of sp³-hybridized carbons (Fsp3) is 0.0811. The first-order valence-corrected chi connectivity index (χ1v) is 13.8. The van der Waals surface area contributed by atoms with Crippen molar-refractivity contribution in [2.75, 3.05) is 0 Å². The lowest BCUT2D eigenvalue weighted by molar-refractivity contribution is 0.639. The van der Waals surface area contributed by atoms with Gasteiger partial charge >= 0.3 is 0 Å². The third-order valence-electron chi connectivity index (χ3n) is 8.48. The number of nitrogens with zero attached hydrogens (tertiary/aromatic N) is 2. The molecular weight excluding hydrogens is 488 g/mol. The SMILES string of the molecule is CC1C=CC=CC1c1ccc2c(=O)n3c4cc(-c5ccccc5)c(-c5ccccc5)cc4nc3c3cccc1c23. The van der Waals surface area contributed by atoms with Gasteiger partial charge in [-0.3, -0.25) is 9.20 Å². The normalized spacial score (nSPS) is 17.0. The van der Waals surface area contributed by atoms with Gasteiger partial charge in [0.1, 0.15) is 5.65 Å². The zero-order valence-electron chi connectivity index (χ0n) is 22.1. The monoisotopic (exact) mass is 514 g/mol. The van der Waals surface area contributed by atoms with Crippen molar-refractivity contribution in [2.24, 2.45) is 5.92 Å². The molecule has 1 aliphatic carbocycles. The highest BCUT2D eigenvalue weighted by Crippen LogP contribution is 2.40. The molecule has 190 valence electrons. The average Bonchev–Trinajstić information content (AvgIpc) is 3.39. The van der Waals surface area contributed by atoms with Gasteiger partial charge < -0.3 is 0 Å². The maximum Gasteiger partial charge on any atom is 0.264 e. The van der Waals surface area contributed by atoms with Crippen molar-refractivity contribution in [2.45, 2.75) is 12.8 Å². The quantitative estimate of drug-likeness (QED) is 0.236. The topological polar surface area (TPSA) is 34.4 Å². The van der Waals surface area contributed by atoms with Crippen LogP contribution in [0.25, 0.3) is 60.5 Å². The summed E-state index contributed by atoms with van der Waals surface area (Å²) in [7, 11) is 0. The Morgan fingerprint density at radius 3 is 2.08 bits per heavy atom. The first-order valence-electron chi connectivity index (χ1n) is 13.8. The summed E-state index contributed by atoms with van der Waals surface area (Å²) in [5.41, 5.74) is 8.02. The van der Waals surface area contributed by atoms with Crippen molar-refractivity contribution in [1.82, 2.24) is 9.38 Å². The summed E-state index contributed by atoms with van der Waals surface area (Å²) in [6, 6.07) is 35.6. The number of hydrogen-bond acceptors (Lipinski definition) is 2. The van der Waals surface area contributed by atoms with Crippen LogP contribution in [0.2, 0.25) is 0 Å². The molecule has 2 heterocycles. The van der Waals surface area contributed by atoms with Crippen molar-refractivity contribution in [3.05, 3.63) is 143 Å². The van der Waals surface area contributed by atoms with Crippen LogP contribution in [0.1, 0.15) is 18.4 Å². The van der Waals surface area contributed by atoms with Gasteiger partial charge in [-0.2, -0.15) is 0 Å². The van der Waals surface area contributed by atoms with E-state index in [1.807, 2.05) is 22.6 Å². The molecule has 8 rings (SSSR count). The molecule has 5 aromatic carbocycles. The van der Waals surface area contributed by atoms with Crippen LogP contribution < -0.4 is 5.56 Å². The molecule has 0 fully saturated rings. The molecule has 2 atom stereocenters. The van der Waals surface area contributed by atoms with E-state index in [2.05, 4.69) is 116 Å². The van der Waals surface area contributed by atoms with E-state index >= 15 is 0 Å². The molecular formula is C37H26N2O. The van der Waals surface area contributed by atoms with Gasteiger partial charge in [-0.25, -0.2) is 4.98 Å². The van der Waals surface area contributed by atoms with Crippen LogP contribution in [0, 0.1) is 5.92 Å². The second-order valence-corrected chi connectivity index (χ2v) is 10.8. The van der Waals surface area contributed by atoms with E-state index in [-0.39, 0.29) is 11.5 Å². The Labute approximate surface area is 231 Å². The van der Waals surface area contributed by atoms with Crippen molar-refractivity contribution < 1.29 is 0 Å². The van der Waals surface area contributed by atoms with Gasteiger partial charge in [0.15, 0.2) is 0 Å². The Bertz CT molecular complexity index is 2190. The van der Waals surface area contributed by atoms with E-state index < -0.39 is 0 Å². The number of rotatable bonds is 3. The highest BCUT2D eigenvalue weighted by atomic mass is 16.1. The molecule has 40 heavy (non-hydrogen) atoms. The first-order chi connectivity index (χ1) is 19.7. The molecule has 0 radical (unpaired) electrons. The number of fused-ring (bicyclic) bond motifs is 4. The molecule has 0 saturated heterocycles. The largest absolute Gasteiger partial charge is 0.268 e. The van der Waals surface area contributed by atoms with Crippen LogP contribution in [-0.2, 0) is 0 Å². The Balaban J connectivity index is 1.47. The molecule has 0 saturated carbocycles. The van der Waals surface area contributed by atoms with Gasteiger partial charge in [0.25, 0.3) is 5.56 Å². The van der Waals surface area contributed by atoms with Crippen molar-refractivity contribution >= 4 is 38.2 Å². The fourth-order valence-corrected chi connectivity index (χ4v) is 6.53. The minimum Gasteiger partial charge on any atom is -0.268 e. The summed E-state index contributed by atoms with van der Waals surface area (Å²) in [5, 5.41) is 3.89. The van der Waals surface area contributed by atoms with Crippen LogP contribution in [0.4, 0.5) is 0 Å². The van der Waals surface area contributed by atoms with Gasteiger partial charge in [-0.05, 0) is 57.3 Å². The smallest absolute Gasteiger partial charge is 0.264 e. The zero-order valence-corrected chi connectivity index (χ0v) is 22.1. The summed E-state index contributed by atoms with van der Waals surface area (Å²) in [6.45, 7) is 2.25. The van der Waals surface area contributed by atoms with E-state index in [4.69, 9.17) is 4.98 Å². The third kappa shape index (κ3) is 3.31. The molecule has 0 N–H and O–H groups in total. The molecule has 0 bridgehead atoms. The van der Waals surface area contributed by atoms with Gasteiger partial charge in [-0.1, -0.05) is 116 Å². The predicted molar refractivity (Wildman–Crippen MR) is 166 cm³/mol. The number of benzene rings is 5. The second-order valence-electron chi connectivity index (χ2n) is 10.8. The molecule has 7 aromatic rings. The molecule has 3 nitrogen and oxygen atoms in total. The minimum absolute atomic E-state index is 0.0219. The van der Waals surface area contributed by atoms with E-state index in [1.54, 1.807) is 0 Å². The minimum atomic E-state index is -0.0219. The lowest BCUT2D eigenvalue weighted by Gasteiger charge is -2.23. The number of pyridine rings is 1. The van der Waals surface area contributed by atoms with Crippen molar-refractivity contribution in [1.29, 1.82) is 0 Å². The summed E-state index contributed by atoms with van der Waals surface area (Å²) in [5.74, 6) is 0.658. The van der Waals surface area contributed by atoms with Crippen LogP contribution in [0.5, 0.6) is 0 Å². The van der Waals surface area contributed by atoms with Crippen molar-refractivity contribution in [3.63, 3.8) is 0 Å². The Hall–Kier alpha value is -5.02. The molecule has 0 amide bonds. The van der Waals surface area contributed by atoms with Gasteiger partial charge in [0, 0.05) is 22.1 Å². The van der Waals surface area contributed by atoms with E-state index in [1.165, 1.54) is 5.56 Å². The number of hydrogen-bond donors (Lipinski definition) is 0. The molecule has 2 unspecified atom stereocenters. The fourth-order valence-electron chi connectivity index (χ4n) is 6.53. The average molecular weight is 515 g/mol. The molecule has 1 aliphatic rings. The maximum atomic E-state index is 14.2. The van der Waals surface area contributed by atoms with E-state index in [9.17, 15) is 4.79 Å². The molecule has 0 aliphatic heterocycles. The Kier molecular flexibility index (Phi) is 5.02. The third-order valence-corrected chi connectivity index (χ3v) is 8.48. The first kappa shape index (κ1) is 22.9. The molecule has 3 heteroatoms. The standard InChI is InChI=1S/C37H26N2O/c1-23-11-8-9-16-26(23)27-19-20-30-35-28(27)17-10-18-29(35)36-38-33-21-31(24-12-4-2-5-13-24)32(25-14-6-3-7-15-25)22-34(33)39(36)37(30)40/h2-23,26H,1H3. The number of aromatic nitrogens is 2. The molecule has 0 spiro atoms. The lowest BCUT2D eigenvalue weighted by Crippen LogP contribution is -2.14. The summed E-state index contributed by atoms with van der Waals surface area (Å²) < 4.78 is 1.82. The van der Waals surface area contributed by atoms with E-state index in [0.717, 1.165) is 54.8 Å². The van der Waals surface area contributed by atoms with Crippen LogP contribution in [0.3, 0.4) is 0 Å². The maximum absolute atomic E-state index is 14.2. The van der Waals surface area contributed by atoms with Gasteiger partial charge in [-0.15, -0.1) is 0 Å². The van der Waals surface area contributed by atoms with Crippen LogP contribution in [-0.4, -0.2) is 9.38 Å². The lowest BCUT2D eigenvalue weighted by atomic mass is 9.81. The summed E-state index contributed by atoms with van der Waals surface area (Å²) >= 11 is 0. The second kappa shape index (κ2) is 8.75. The van der Waals surface area contributed by atoms with Crippen LogP contribution >= 0.6 is 0 Å². The number of allylic oxidation sites excluding steroid dienone is 4. The highest BCUT2D eigenvalue weighted by Gasteiger charge is 2.23. The zero-order chi connectivity index (χ0) is 26.8. The highest BCUT2D eigenvalue weighted by molar-refractivity contribution is 6.16. The Morgan fingerprint density at radius 2 is 1.35 bits per heavy atom. The summed E-state index contributed by atoms with van der Waals surface area (Å²) in [6.07, 6.45) is 8.76. The predicted octanol–water partition coefficient (Wildman–Crippen LogP) is 8.77. The van der Waals surface area contributed by atoms with Crippen molar-refractivity contribution in [3.8, 4) is 22.3 Å².